The lowest BCUT2D eigenvalue weighted by molar-refractivity contribution is -0.138. The molecule has 1 heterocycles. The van der Waals surface area contributed by atoms with E-state index in [1.54, 1.807) is 11.8 Å². The van der Waals surface area contributed by atoms with E-state index >= 15 is 0 Å². The fourth-order valence-electron chi connectivity index (χ4n) is 4.64. The molecule has 6 amide bonds. The standard InChI is InChI=1S/C33H59N5O7S/c1-32(2,3)14-9-7-8-10-22-46-25-23-30(43)38(31(25)44)19-13-28(41)37-18-21-45-20-17-36-27(40)12-11-26(39)34-15-16-35-29(42)24-33(4,5)6/h25H,7-24H2,1-6H3,(H,34,39)(H,35,42)(H,36,40)(H,37,41). The molecule has 1 unspecified atom stereocenters. The van der Waals surface area contributed by atoms with Crippen LogP contribution in [0.4, 0.5) is 0 Å². The molecule has 0 spiro atoms. The molecule has 13 heteroatoms. The molecule has 1 aliphatic rings. The van der Waals surface area contributed by atoms with Gasteiger partial charge in [-0.05, 0) is 29.4 Å². The van der Waals surface area contributed by atoms with Crippen LogP contribution in [0.15, 0.2) is 0 Å². The molecule has 0 aromatic rings. The first-order valence-electron chi connectivity index (χ1n) is 16.7. The number of likely N-dealkylation sites (tertiary alicyclic amines) is 1. The topological polar surface area (TPSA) is 163 Å². The Morgan fingerprint density at radius 2 is 1.24 bits per heavy atom. The van der Waals surface area contributed by atoms with Crippen LogP contribution in [0.1, 0.15) is 106 Å². The molecular weight excluding hydrogens is 610 g/mol. The number of thioether (sulfide) groups is 1. The summed E-state index contributed by atoms with van der Waals surface area (Å²) >= 11 is 1.55. The molecule has 0 aliphatic carbocycles. The number of unbranched alkanes of at least 4 members (excludes halogenated alkanes) is 3. The van der Waals surface area contributed by atoms with Crippen molar-refractivity contribution in [2.75, 3.05) is 51.7 Å². The Morgan fingerprint density at radius 1 is 0.717 bits per heavy atom. The second-order valence-electron chi connectivity index (χ2n) is 14.2. The summed E-state index contributed by atoms with van der Waals surface area (Å²) in [7, 11) is 0. The average molecular weight is 670 g/mol. The third-order valence-corrected chi connectivity index (χ3v) is 8.38. The zero-order valence-electron chi connectivity index (χ0n) is 29.0. The van der Waals surface area contributed by atoms with Crippen LogP contribution in [-0.2, 0) is 33.5 Å². The highest BCUT2D eigenvalue weighted by atomic mass is 32.2. The number of amides is 6. The van der Waals surface area contributed by atoms with Crippen LogP contribution >= 0.6 is 11.8 Å². The zero-order chi connectivity index (χ0) is 34.6. The highest BCUT2D eigenvalue weighted by Crippen LogP contribution is 2.27. The number of nitrogens with zero attached hydrogens (tertiary/aromatic N) is 1. The fraction of sp³-hybridized carbons (Fsp3) is 0.818. The summed E-state index contributed by atoms with van der Waals surface area (Å²) in [5.74, 6) is -0.433. The average Bonchev–Trinajstić information content (AvgIpc) is 3.22. The molecule has 46 heavy (non-hydrogen) atoms. The van der Waals surface area contributed by atoms with Crippen molar-refractivity contribution in [1.29, 1.82) is 0 Å². The lowest BCUT2D eigenvalue weighted by Crippen LogP contribution is -2.36. The first-order valence-corrected chi connectivity index (χ1v) is 17.7. The van der Waals surface area contributed by atoms with Crippen molar-refractivity contribution in [3.05, 3.63) is 0 Å². The van der Waals surface area contributed by atoms with E-state index in [1.165, 1.54) is 24.2 Å². The third-order valence-electron chi connectivity index (χ3n) is 7.08. The first-order chi connectivity index (χ1) is 21.6. The number of carbonyl (C=O) groups excluding carboxylic acids is 6. The first kappa shape index (κ1) is 41.4. The smallest absolute Gasteiger partial charge is 0.242 e. The summed E-state index contributed by atoms with van der Waals surface area (Å²) in [4.78, 5) is 74.0. The van der Waals surface area contributed by atoms with Gasteiger partial charge in [0.2, 0.25) is 35.4 Å². The van der Waals surface area contributed by atoms with Gasteiger partial charge in [-0.3, -0.25) is 33.7 Å². The van der Waals surface area contributed by atoms with Crippen LogP contribution < -0.4 is 21.3 Å². The summed E-state index contributed by atoms with van der Waals surface area (Å²) in [5, 5.41) is 10.5. The quantitative estimate of drug-likeness (QED) is 0.0954. The molecule has 0 aromatic heterocycles. The van der Waals surface area contributed by atoms with Gasteiger partial charge in [0.25, 0.3) is 0 Å². The number of carbonyl (C=O) groups is 6. The van der Waals surface area contributed by atoms with Gasteiger partial charge in [0.15, 0.2) is 0 Å². The van der Waals surface area contributed by atoms with Gasteiger partial charge in [-0.15, -0.1) is 11.8 Å². The molecule has 12 nitrogen and oxygen atoms in total. The van der Waals surface area contributed by atoms with Crippen LogP contribution in [-0.4, -0.2) is 97.3 Å². The van der Waals surface area contributed by atoms with Crippen LogP contribution in [0, 0.1) is 10.8 Å². The monoisotopic (exact) mass is 669 g/mol. The number of nitrogens with one attached hydrogen (secondary N) is 4. The van der Waals surface area contributed by atoms with Crippen molar-refractivity contribution in [1.82, 2.24) is 26.2 Å². The van der Waals surface area contributed by atoms with E-state index in [1.807, 2.05) is 20.8 Å². The summed E-state index contributed by atoms with van der Waals surface area (Å²) in [5.41, 5.74) is 0.262. The molecule has 0 bridgehead atoms. The molecule has 0 aromatic carbocycles. The van der Waals surface area contributed by atoms with Crippen LogP contribution in [0.3, 0.4) is 0 Å². The number of rotatable bonds is 23. The van der Waals surface area contributed by atoms with Crippen molar-refractivity contribution in [3.63, 3.8) is 0 Å². The Kier molecular flexibility index (Phi) is 19.8. The summed E-state index contributed by atoms with van der Waals surface area (Å²) in [6.07, 6.45) is 6.49. The summed E-state index contributed by atoms with van der Waals surface area (Å²) in [6.45, 7) is 14.4. The Morgan fingerprint density at radius 3 is 1.80 bits per heavy atom. The lowest BCUT2D eigenvalue weighted by Gasteiger charge is -2.17. The molecule has 0 radical (unpaired) electrons. The minimum absolute atomic E-state index is 0.0393. The maximum atomic E-state index is 12.7. The van der Waals surface area contributed by atoms with E-state index in [9.17, 15) is 28.8 Å². The van der Waals surface area contributed by atoms with E-state index in [4.69, 9.17) is 4.74 Å². The molecule has 4 N–H and O–H groups in total. The van der Waals surface area contributed by atoms with Gasteiger partial charge >= 0.3 is 0 Å². The van der Waals surface area contributed by atoms with Crippen molar-refractivity contribution in [2.24, 2.45) is 10.8 Å². The Labute approximate surface area is 280 Å². The normalized spacial score (nSPS) is 15.2. The van der Waals surface area contributed by atoms with Gasteiger partial charge in [-0.2, -0.15) is 0 Å². The highest BCUT2D eigenvalue weighted by Gasteiger charge is 2.38. The van der Waals surface area contributed by atoms with Gasteiger partial charge in [0, 0.05) is 64.8 Å². The largest absolute Gasteiger partial charge is 0.378 e. The Hall–Kier alpha value is -2.67. The Balaban J connectivity index is 2.03. The van der Waals surface area contributed by atoms with E-state index in [-0.39, 0.29) is 105 Å². The zero-order valence-corrected chi connectivity index (χ0v) is 29.8. The van der Waals surface area contributed by atoms with Crippen LogP contribution in [0.5, 0.6) is 0 Å². The Bertz CT molecular complexity index is 994. The molecule has 1 atom stereocenters. The number of hydrogen-bond acceptors (Lipinski definition) is 8. The van der Waals surface area contributed by atoms with Gasteiger partial charge in [0.1, 0.15) is 0 Å². The minimum atomic E-state index is -0.347. The highest BCUT2D eigenvalue weighted by molar-refractivity contribution is 8.00. The van der Waals surface area contributed by atoms with Gasteiger partial charge in [-0.1, -0.05) is 60.8 Å². The predicted octanol–water partition coefficient (Wildman–Crippen LogP) is 2.93. The second kappa shape index (κ2) is 22.0. The van der Waals surface area contributed by atoms with Gasteiger partial charge in [-0.25, -0.2) is 0 Å². The molecule has 0 saturated carbocycles. The van der Waals surface area contributed by atoms with Crippen molar-refractivity contribution in [3.8, 4) is 0 Å². The maximum Gasteiger partial charge on any atom is 0.242 e. The third kappa shape index (κ3) is 21.2. The number of hydrogen-bond donors (Lipinski definition) is 4. The van der Waals surface area contributed by atoms with Crippen molar-refractivity contribution >= 4 is 47.2 Å². The van der Waals surface area contributed by atoms with Crippen LogP contribution in [0.25, 0.3) is 0 Å². The van der Waals surface area contributed by atoms with Gasteiger partial charge in [0.05, 0.1) is 18.5 Å². The van der Waals surface area contributed by atoms with E-state index < -0.39 is 0 Å². The fourth-order valence-corrected chi connectivity index (χ4v) is 5.82. The SMILES string of the molecule is CC(C)(C)CCCCCCSC1CC(=O)N(CCC(=O)NCCOCCNC(=O)CCC(=O)NCCNC(=O)CC(C)(C)C)C1=O. The molecule has 1 rings (SSSR count). The molecular formula is C33H59N5O7S. The maximum absolute atomic E-state index is 12.7. The summed E-state index contributed by atoms with van der Waals surface area (Å²) < 4.78 is 5.42. The molecule has 1 saturated heterocycles. The van der Waals surface area contributed by atoms with E-state index in [2.05, 4.69) is 42.0 Å². The minimum Gasteiger partial charge on any atom is -0.378 e. The predicted molar refractivity (Wildman–Crippen MR) is 181 cm³/mol. The molecule has 1 fully saturated rings. The van der Waals surface area contributed by atoms with Crippen molar-refractivity contribution < 1.29 is 33.5 Å². The van der Waals surface area contributed by atoms with Crippen molar-refractivity contribution in [2.45, 2.75) is 111 Å². The second-order valence-corrected chi connectivity index (χ2v) is 15.5. The van der Waals surface area contributed by atoms with E-state index in [0.717, 1.165) is 18.6 Å². The number of imide groups is 1. The van der Waals surface area contributed by atoms with Gasteiger partial charge < -0.3 is 26.0 Å². The molecule has 264 valence electrons. The number of ether oxygens (including phenoxy) is 1. The van der Waals surface area contributed by atoms with E-state index in [0.29, 0.717) is 24.9 Å². The summed E-state index contributed by atoms with van der Waals surface area (Å²) in [6, 6.07) is 0. The molecule has 1 aliphatic heterocycles. The van der Waals surface area contributed by atoms with Crippen LogP contribution in [0.2, 0.25) is 0 Å². The lowest BCUT2D eigenvalue weighted by atomic mass is 9.89.